The van der Waals surface area contributed by atoms with E-state index in [9.17, 15) is 4.79 Å². The minimum absolute atomic E-state index is 0.140. The first kappa shape index (κ1) is 16.8. The molecule has 4 nitrogen and oxygen atoms in total. The minimum Gasteiger partial charge on any atom is -0.465 e. The maximum absolute atomic E-state index is 12.4. The Morgan fingerprint density at radius 1 is 1.19 bits per heavy atom. The van der Waals surface area contributed by atoms with Gasteiger partial charge in [-0.15, -0.1) is 0 Å². The quantitative estimate of drug-likeness (QED) is 0.700. The van der Waals surface area contributed by atoms with Crippen LogP contribution in [0.5, 0.6) is 0 Å². The van der Waals surface area contributed by atoms with Crippen LogP contribution in [0.2, 0.25) is 0 Å². The Morgan fingerprint density at radius 3 is 2.48 bits per heavy atom. The van der Waals surface area contributed by atoms with Crippen LogP contribution >= 0.6 is 0 Å². The van der Waals surface area contributed by atoms with Crippen LogP contribution in [0.25, 0.3) is 0 Å². The molecular weight excluding hydrogens is 266 g/mol. The Bertz CT molecular complexity index is 343. The number of carbonyl (C=O) groups is 1. The molecule has 2 rings (SSSR count). The minimum atomic E-state index is -0.633. The summed E-state index contributed by atoms with van der Waals surface area (Å²) < 4.78 is 11.6. The van der Waals surface area contributed by atoms with Crippen LogP contribution in [0.3, 0.4) is 0 Å². The first-order chi connectivity index (χ1) is 10.2. The molecule has 21 heavy (non-hydrogen) atoms. The maximum atomic E-state index is 12.4. The van der Waals surface area contributed by atoms with Gasteiger partial charge in [0, 0.05) is 0 Å². The van der Waals surface area contributed by atoms with E-state index >= 15 is 0 Å². The van der Waals surface area contributed by atoms with Gasteiger partial charge in [0.15, 0.2) is 0 Å². The molecule has 0 aliphatic heterocycles. The number of rotatable bonds is 8. The third-order valence-corrected chi connectivity index (χ3v) is 5.25. The number of ether oxygens (including phenoxy) is 2. The summed E-state index contributed by atoms with van der Waals surface area (Å²) in [6.07, 6.45) is 8.61. The van der Waals surface area contributed by atoms with E-state index in [4.69, 9.17) is 9.47 Å². The first-order valence-corrected chi connectivity index (χ1v) is 8.65. The van der Waals surface area contributed by atoms with Crippen LogP contribution in [0.15, 0.2) is 0 Å². The second kappa shape index (κ2) is 7.59. The van der Waals surface area contributed by atoms with Crippen LogP contribution in [0.1, 0.15) is 58.8 Å². The average molecular weight is 297 g/mol. The number of esters is 1. The van der Waals surface area contributed by atoms with Gasteiger partial charge < -0.3 is 14.8 Å². The zero-order chi connectivity index (χ0) is 15.3. The van der Waals surface area contributed by atoms with E-state index in [1.165, 1.54) is 25.7 Å². The molecule has 2 saturated carbocycles. The molecule has 2 aliphatic carbocycles. The second-order valence-corrected chi connectivity index (χ2v) is 6.52. The average Bonchev–Trinajstić information content (AvgIpc) is 3.34. The zero-order valence-electron chi connectivity index (χ0n) is 13.8. The van der Waals surface area contributed by atoms with E-state index in [-0.39, 0.29) is 5.97 Å². The van der Waals surface area contributed by atoms with Gasteiger partial charge in [-0.3, -0.25) is 0 Å². The van der Waals surface area contributed by atoms with E-state index in [0.717, 1.165) is 19.3 Å². The van der Waals surface area contributed by atoms with Gasteiger partial charge in [-0.25, -0.2) is 4.79 Å². The summed E-state index contributed by atoms with van der Waals surface area (Å²) in [5.74, 6) is 0.874. The highest BCUT2D eigenvalue weighted by Gasteiger charge is 2.52. The van der Waals surface area contributed by atoms with Crippen molar-refractivity contribution in [1.82, 2.24) is 5.32 Å². The summed E-state index contributed by atoms with van der Waals surface area (Å²) in [5.41, 5.74) is -0.633. The predicted molar refractivity (Wildman–Crippen MR) is 83.1 cm³/mol. The molecule has 0 heterocycles. The van der Waals surface area contributed by atoms with Gasteiger partial charge in [-0.05, 0) is 51.5 Å². The van der Waals surface area contributed by atoms with Crippen molar-refractivity contribution in [2.24, 2.45) is 11.8 Å². The van der Waals surface area contributed by atoms with Crippen LogP contribution in [-0.4, -0.2) is 37.9 Å². The van der Waals surface area contributed by atoms with Crippen molar-refractivity contribution >= 4 is 5.97 Å². The molecule has 2 aliphatic rings. The van der Waals surface area contributed by atoms with Gasteiger partial charge in [0.25, 0.3) is 0 Å². The van der Waals surface area contributed by atoms with E-state index in [2.05, 4.69) is 12.2 Å². The summed E-state index contributed by atoms with van der Waals surface area (Å²) in [4.78, 5) is 12.4. The van der Waals surface area contributed by atoms with E-state index in [1.54, 1.807) is 0 Å². The molecule has 0 spiro atoms. The first-order valence-electron chi connectivity index (χ1n) is 8.65. The number of hydrogen-bond acceptors (Lipinski definition) is 4. The highest BCUT2D eigenvalue weighted by atomic mass is 16.5. The number of hydrogen-bond donors (Lipinski definition) is 1. The largest absolute Gasteiger partial charge is 0.465 e. The molecule has 3 unspecified atom stereocenters. The molecule has 2 fully saturated rings. The highest BCUT2D eigenvalue weighted by Crippen LogP contribution is 2.41. The lowest BCUT2D eigenvalue weighted by atomic mass is 9.84. The lowest BCUT2D eigenvalue weighted by molar-refractivity contribution is -0.157. The Balaban J connectivity index is 1.99. The van der Waals surface area contributed by atoms with Crippen molar-refractivity contribution in [3.63, 3.8) is 0 Å². The fourth-order valence-corrected chi connectivity index (χ4v) is 3.66. The van der Waals surface area contributed by atoms with Gasteiger partial charge in [0.2, 0.25) is 0 Å². The van der Waals surface area contributed by atoms with Gasteiger partial charge in [-0.2, -0.15) is 0 Å². The third kappa shape index (κ3) is 3.78. The Hall–Kier alpha value is -0.610. The second-order valence-electron chi connectivity index (χ2n) is 6.52. The molecule has 4 heteroatoms. The van der Waals surface area contributed by atoms with Gasteiger partial charge in [0.1, 0.15) is 5.54 Å². The summed E-state index contributed by atoms with van der Waals surface area (Å²) in [7, 11) is 1.86. The number of carbonyl (C=O) groups excluding carboxylic acids is 1. The summed E-state index contributed by atoms with van der Waals surface area (Å²) >= 11 is 0. The molecule has 0 aromatic rings. The van der Waals surface area contributed by atoms with Crippen LogP contribution in [0.4, 0.5) is 0 Å². The van der Waals surface area contributed by atoms with Crippen molar-refractivity contribution in [2.75, 3.05) is 20.3 Å². The molecule has 0 amide bonds. The molecule has 0 aromatic carbocycles. The lowest BCUT2D eigenvalue weighted by Crippen LogP contribution is -2.57. The van der Waals surface area contributed by atoms with Crippen molar-refractivity contribution < 1.29 is 14.3 Å². The van der Waals surface area contributed by atoms with Gasteiger partial charge in [-0.1, -0.05) is 26.2 Å². The number of nitrogens with one attached hydrogen (secondary N) is 1. The monoisotopic (exact) mass is 297 g/mol. The van der Waals surface area contributed by atoms with E-state index in [0.29, 0.717) is 31.2 Å². The molecule has 0 bridgehead atoms. The Morgan fingerprint density at radius 2 is 1.90 bits per heavy atom. The molecule has 0 radical (unpaired) electrons. The van der Waals surface area contributed by atoms with Crippen LogP contribution < -0.4 is 5.32 Å². The standard InChI is InChI=1S/C17H31NO3/c1-4-13-8-6-7-9-15(13)21-12-17(18-3,14-10-11-14)16(19)20-5-2/h13-15,18H,4-12H2,1-3H3. The Kier molecular flexibility index (Phi) is 6.06. The summed E-state index contributed by atoms with van der Waals surface area (Å²) in [6, 6.07) is 0. The summed E-state index contributed by atoms with van der Waals surface area (Å²) in [5, 5.41) is 3.23. The predicted octanol–water partition coefficient (Wildman–Crippen LogP) is 2.90. The highest BCUT2D eigenvalue weighted by molar-refractivity contribution is 5.82. The van der Waals surface area contributed by atoms with Crippen LogP contribution in [-0.2, 0) is 14.3 Å². The van der Waals surface area contributed by atoms with E-state index < -0.39 is 5.54 Å². The molecule has 122 valence electrons. The lowest BCUT2D eigenvalue weighted by Gasteiger charge is -2.36. The molecule has 3 atom stereocenters. The Labute approximate surface area is 129 Å². The van der Waals surface area contributed by atoms with Crippen molar-refractivity contribution in [3.05, 3.63) is 0 Å². The SMILES string of the molecule is CCOC(=O)C(COC1CCCCC1CC)(NC)C1CC1. The third-order valence-electron chi connectivity index (χ3n) is 5.25. The van der Waals surface area contributed by atoms with Gasteiger partial charge in [0.05, 0.1) is 19.3 Å². The van der Waals surface area contributed by atoms with Gasteiger partial charge >= 0.3 is 5.97 Å². The van der Waals surface area contributed by atoms with Crippen molar-refractivity contribution in [1.29, 1.82) is 0 Å². The van der Waals surface area contributed by atoms with E-state index in [1.807, 2.05) is 14.0 Å². The van der Waals surface area contributed by atoms with Crippen molar-refractivity contribution in [3.8, 4) is 0 Å². The molecule has 0 saturated heterocycles. The van der Waals surface area contributed by atoms with Crippen LogP contribution in [0, 0.1) is 11.8 Å². The fraction of sp³-hybridized carbons (Fsp3) is 0.941. The fourth-order valence-electron chi connectivity index (χ4n) is 3.66. The molecule has 1 N–H and O–H groups in total. The molecular formula is C17H31NO3. The zero-order valence-corrected chi connectivity index (χ0v) is 13.8. The topological polar surface area (TPSA) is 47.6 Å². The smallest absolute Gasteiger partial charge is 0.329 e. The molecule has 0 aromatic heterocycles. The number of likely N-dealkylation sites (N-methyl/N-ethyl adjacent to an activating group) is 1. The van der Waals surface area contributed by atoms with Crippen molar-refractivity contribution in [2.45, 2.75) is 70.4 Å². The summed E-state index contributed by atoms with van der Waals surface area (Å²) in [6.45, 7) is 4.98. The normalized spacial score (nSPS) is 28.9. The maximum Gasteiger partial charge on any atom is 0.329 e.